The van der Waals surface area contributed by atoms with E-state index in [2.05, 4.69) is 0 Å². The molecule has 1 atom stereocenters. The average molecular weight is 226 g/mol. The molecule has 0 aromatic heterocycles. The Morgan fingerprint density at radius 2 is 2.00 bits per heavy atom. The van der Waals surface area contributed by atoms with Crippen LogP contribution in [0.1, 0.15) is 11.1 Å². The molecular weight excluding hydrogens is 219 g/mol. The third-order valence-corrected chi connectivity index (χ3v) is 3.57. The summed E-state index contributed by atoms with van der Waals surface area (Å²) in [6.07, 6.45) is 0.0135. The predicted molar refractivity (Wildman–Crippen MR) is 53.1 cm³/mol. The number of hydrogen-bond acceptors (Lipinski definition) is 3. The molecule has 0 fully saturated rings. The van der Waals surface area contributed by atoms with Gasteiger partial charge in [-0.3, -0.25) is 0 Å². The normalized spacial score (nSPS) is 19.8. The molecule has 0 aliphatic heterocycles. The zero-order valence-electron chi connectivity index (χ0n) is 7.60. The molecule has 0 N–H and O–H groups in total. The van der Waals surface area contributed by atoms with E-state index in [0.29, 0.717) is 11.1 Å². The number of carbonyl (C=O) groups excluding carboxylic acids is 1. The summed E-state index contributed by atoms with van der Waals surface area (Å²) in [6, 6.07) is 6.66. The van der Waals surface area contributed by atoms with E-state index < -0.39 is 15.5 Å². The van der Waals surface area contributed by atoms with Crippen molar-refractivity contribution in [2.24, 2.45) is 0 Å². The van der Waals surface area contributed by atoms with Crippen molar-refractivity contribution in [2.45, 2.75) is 11.7 Å². The molecule has 1 aromatic rings. The highest BCUT2D eigenvalue weighted by Gasteiger charge is 2.37. The molecule has 1 aliphatic carbocycles. The molecule has 0 amide bonds. The Bertz CT molecular complexity index is 556. The van der Waals surface area contributed by atoms with Gasteiger partial charge in [0.1, 0.15) is 11.2 Å². The second-order valence-electron chi connectivity index (χ2n) is 3.34. The van der Waals surface area contributed by atoms with Gasteiger partial charge in [-0.1, -0.05) is 24.3 Å². The first kappa shape index (κ1) is 10.1. The van der Waals surface area contributed by atoms with Crippen LogP contribution in [0.3, 0.4) is 0 Å². The highest BCUT2D eigenvalue weighted by atomic mass is 32.3. The highest BCUT2D eigenvalue weighted by molar-refractivity contribution is 7.87. The minimum atomic E-state index is -4.73. The largest absolute Gasteiger partial charge is 0.310 e. The molecule has 0 spiro atoms. The van der Waals surface area contributed by atoms with Crippen LogP contribution in [-0.2, 0) is 21.4 Å². The molecule has 0 saturated heterocycles. The van der Waals surface area contributed by atoms with E-state index in [4.69, 9.17) is 0 Å². The first-order valence-electron chi connectivity index (χ1n) is 4.31. The Morgan fingerprint density at radius 1 is 1.33 bits per heavy atom. The number of fused-ring (bicyclic) bond motifs is 1. The van der Waals surface area contributed by atoms with Crippen LogP contribution < -0.4 is 0 Å². The van der Waals surface area contributed by atoms with Crippen LogP contribution in [0.2, 0.25) is 0 Å². The zero-order chi connectivity index (χ0) is 11.1. The molecule has 78 valence electrons. The topological polar surface area (TPSA) is 51.2 Å². The quantitative estimate of drug-likeness (QED) is 0.532. The van der Waals surface area contributed by atoms with Crippen LogP contribution in [0.5, 0.6) is 0 Å². The summed E-state index contributed by atoms with van der Waals surface area (Å²) in [6.45, 7) is 0. The van der Waals surface area contributed by atoms with Gasteiger partial charge in [0.2, 0.25) is 0 Å². The molecule has 0 saturated carbocycles. The molecule has 1 aliphatic rings. The summed E-state index contributed by atoms with van der Waals surface area (Å²) in [7, 11) is -4.73. The average Bonchev–Trinajstić information content (AvgIpc) is 2.55. The maximum atomic E-state index is 12.9. The van der Waals surface area contributed by atoms with Gasteiger partial charge in [-0.15, -0.1) is 3.89 Å². The van der Waals surface area contributed by atoms with Crippen LogP contribution in [0.15, 0.2) is 24.3 Å². The van der Waals surface area contributed by atoms with E-state index in [0.717, 1.165) is 0 Å². The van der Waals surface area contributed by atoms with Gasteiger partial charge in [-0.25, -0.2) is 4.79 Å². The van der Waals surface area contributed by atoms with Crippen LogP contribution in [-0.4, -0.2) is 19.6 Å². The maximum Gasteiger partial charge on any atom is 0.310 e. The first-order valence-corrected chi connectivity index (χ1v) is 5.75. The summed E-state index contributed by atoms with van der Waals surface area (Å²) in [5.74, 6) is 1.52. The van der Waals surface area contributed by atoms with Crippen molar-refractivity contribution in [1.29, 1.82) is 0 Å². The van der Waals surface area contributed by atoms with Gasteiger partial charge in [0, 0.05) is 0 Å². The Hall–Kier alpha value is -1.45. The molecular formula is C10H7FO3S. The standard InChI is InChI=1S/C10H7FO3S/c11-15(13,14)10-5-7-3-1-2-4-8(7)9(10)6-12/h1-4,10H,5H2. The van der Waals surface area contributed by atoms with Gasteiger partial charge >= 0.3 is 10.2 Å². The third-order valence-electron chi connectivity index (χ3n) is 2.48. The summed E-state index contributed by atoms with van der Waals surface area (Å²) in [5.41, 5.74) is 1.05. The molecule has 0 heterocycles. The van der Waals surface area contributed by atoms with E-state index >= 15 is 0 Å². The first-order chi connectivity index (χ1) is 7.04. The van der Waals surface area contributed by atoms with Crippen LogP contribution in [0, 0.1) is 0 Å². The lowest BCUT2D eigenvalue weighted by Gasteiger charge is -2.01. The zero-order valence-corrected chi connectivity index (χ0v) is 8.42. The highest BCUT2D eigenvalue weighted by Crippen LogP contribution is 2.35. The number of benzene rings is 1. The Balaban J connectivity index is 2.61. The van der Waals surface area contributed by atoms with E-state index in [1.165, 1.54) is 5.94 Å². The second-order valence-corrected chi connectivity index (χ2v) is 4.86. The molecule has 0 radical (unpaired) electrons. The van der Waals surface area contributed by atoms with Gasteiger partial charge in [0.25, 0.3) is 0 Å². The lowest BCUT2D eigenvalue weighted by molar-refractivity contribution is 0.543. The predicted octanol–water partition coefficient (Wildman–Crippen LogP) is 1.13. The monoisotopic (exact) mass is 226 g/mol. The van der Waals surface area contributed by atoms with Crippen LogP contribution in [0.25, 0.3) is 5.57 Å². The van der Waals surface area contributed by atoms with Crippen molar-refractivity contribution in [3.05, 3.63) is 35.4 Å². The van der Waals surface area contributed by atoms with Gasteiger partial charge in [-0.05, 0) is 17.5 Å². The fourth-order valence-corrected chi connectivity index (χ4v) is 2.63. The minimum absolute atomic E-state index is 0.0135. The van der Waals surface area contributed by atoms with Gasteiger partial charge < -0.3 is 0 Å². The van der Waals surface area contributed by atoms with E-state index in [9.17, 15) is 17.1 Å². The fourth-order valence-electron chi connectivity index (χ4n) is 1.80. The number of hydrogen-bond donors (Lipinski definition) is 0. The molecule has 15 heavy (non-hydrogen) atoms. The van der Waals surface area contributed by atoms with Crippen molar-refractivity contribution < 1.29 is 17.1 Å². The van der Waals surface area contributed by atoms with E-state index in [1.807, 2.05) is 0 Å². The van der Waals surface area contributed by atoms with Crippen molar-refractivity contribution in [3.63, 3.8) is 0 Å². The van der Waals surface area contributed by atoms with Crippen molar-refractivity contribution in [2.75, 3.05) is 0 Å². The number of halogens is 1. The summed E-state index contributed by atoms with van der Waals surface area (Å²) in [4.78, 5) is 10.6. The molecule has 0 bridgehead atoms. The molecule has 2 rings (SSSR count). The van der Waals surface area contributed by atoms with Crippen LogP contribution in [0.4, 0.5) is 3.89 Å². The van der Waals surface area contributed by atoms with Gasteiger partial charge in [0.05, 0.1) is 5.57 Å². The molecule has 1 aromatic carbocycles. The summed E-state index contributed by atoms with van der Waals surface area (Å²) < 4.78 is 34.5. The SMILES string of the molecule is O=C=C1c2ccccc2CC1S(=O)(=O)F. The smallest absolute Gasteiger partial charge is 0.233 e. The second kappa shape index (κ2) is 3.29. The summed E-state index contributed by atoms with van der Waals surface area (Å²) in [5, 5.41) is -1.38. The molecule has 1 unspecified atom stereocenters. The Morgan fingerprint density at radius 3 is 2.60 bits per heavy atom. The summed E-state index contributed by atoms with van der Waals surface area (Å²) >= 11 is 0. The van der Waals surface area contributed by atoms with Crippen molar-refractivity contribution in [3.8, 4) is 0 Å². The molecule has 5 heteroatoms. The fraction of sp³-hybridized carbons (Fsp3) is 0.200. The third kappa shape index (κ3) is 1.60. The lowest BCUT2D eigenvalue weighted by atomic mass is 10.1. The van der Waals surface area contributed by atoms with E-state index in [1.54, 1.807) is 24.3 Å². The minimum Gasteiger partial charge on any atom is -0.233 e. The van der Waals surface area contributed by atoms with Crippen molar-refractivity contribution in [1.82, 2.24) is 0 Å². The lowest BCUT2D eigenvalue weighted by Crippen LogP contribution is -2.16. The van der Waals surface area contributed by atoms with Crippen LogP contribution >= 0.6 is 0 Å². The van der Waals surface area contributed by atoms with Crippen molar-refractivity contribution >= 4 is 21.7 Å². The number of rotatable bonds is 1. The maximum absolute atomic E-state index is 12.9. The van der Waals surface area contributed by atoms with Gasteiger partial charge in [0.15, 0.2) is 0 Å². The molecule has 3 nitrogen and oxygen atoms in total. The van der Waals surface area contributed by atoms with Gasteiger partial charge in [-0.2, -0.15) is 8.42 Å². The Labute approximate surface area is 86.4 Å². The Kier molecular flexibility index (Phi) is 2.21. The van der Waals surface area contributed by atoms with E-state index in [-0.39, 0.29) is 12.0 Å².